The van der Waals surface area contributed by atoms with Crippen LogP contribution in [0.25, 0.3) is 0 Å². The van der Waals surface area contributed by atoms with Gasteiger partial charge < -0.3 is 9.80 Å². The van der Waals surface area contributed by atoms with Crippen molar-refractivity contribution in [1.29, 1.82) is 0 Å². The number of hydrogen-bond donors (Lipinski definition) is 0. The second-order valence-corrected chi connectivity index (χ2v) is 5.88. The summed E-state index contributed by atoms with van der Waals surface area (Å²) in [7, 11) is 8.04. The molecule has 0 saturated carbocycles. The third-order valence-corrected chi connectivity index (χ3v) is 3.33. The van der Waals surface area contributed by atoms with Crippen LogP contribution in [-0.4, -0.2) is 56.9 Å². The van der Waals surface area contributed by atoms with Crippen molar-refractivity contribution in [1.82, 2.24) is 9.80 Å². The zero-order valence-corrected chi connectivity index (χ0v) is 13.0. The van der Waals surface area contributed by atoms with Gasteiger partial charge >= 0.3 is 0 Å². The van der Waals surface area contributed by atoms with E-state index in [4.69, 9.17) is 0 Å². The molecule has 1 aromatic carbocycles. The molecule has 0 amide bonds. The van der Waals surface area contributed by atoms with E-state index in [2.05, 4.69) is 23.6 Å². The molecule has 0 fully saturated rings. The van der Waals surface area contributed by atoms with E-state index < -0.39 is 0 Å². The van der Waals surface area contributed by atoms with E-state index in [-0.39, 0.29) is 11.7 Å². The maximum atomic E-state index is 12.6. The molecule has 0 atom stereocenters. The Morgan fingerprint density at radius 2 is 1.53 bits per heavy atom. The Kier molecular flexibility index (Phi) is 5.70. The monoisotopic (exact) mass is 262 g/mol. The summed E-state index contributed by atoms with van der Waals surface area (Å²) in [5.74, 6) is 0.262. The van der Waals surface area contributed by atoms with Crippen LogP contribution in [0.15, 0.2) is 18.2 Å². The van der Waals surface area contributed by atoms with E-state index in [0.29, 0.717) is 0 Å². The molecule has 0 bridgehead atoms. The minimum absolute atomic E-state index is 0.0205. The zero-order valence-electron chi connectivity index (χ0n) is 13.0. The zero-order chi connectivity index (χ0) is 14.6. The second-order valence-electron chi connectivity index (χ2n) is 5.88. The first-order valence-electron chi connectivity index (χ1n) is 6.72. The Morgan fingerprint density at radius 1 is 1.00 bits per heavy atom. The molecule has 0 aliphatic heterocycles. The summed E-state index contributed by atoms with van der Waals surface area (Å²) in [5, 5.41) is 0. The molecule has 0 saturated heterocycles. The number of hydrogen-bond acceptors (Lipinski definition) is 3. The van der Waals surface area contributed by atoms with Gasteiger partial charge in [0.1, 0.15) is 0 Å². The van der Waals surface area contributed by atoms with Crippen LogP contribution >= 0.6 is 0 Å². The fourth-order valence-electron chi connectivity index (χ4n) is 2.24. The molecule has 0 unspecified atom stereocenters. The van der Waals surface area contributed by atoms with Crippen molar-refractivity contribution >= 4 is 5.78 Å². The first-order chi connectivity index (χ1) is 8.81. The van der Waals surface area contributed by atoms with Crippen molar-refractivity contribution in [3.63, 3.8) is 0 Å². The maximum absolute atomic E-state index is 12.6. The number of Topliss-reactive ketones (excluding diaryl/α,β-unsaturated/α-hetero) is 1. The third kappa shape index (κ3) is 4.77. The van der Waals surface area contributed by atoms with E-state index in [1.54, 1.807) is 0 Å². The van der Waals surface area contributed by atoms with Crippen LogP contribution in [0.2, 0.25) is 0 Å². The van der Waals surface area contributed by atoms with Gasteiger partial charge in [-0.1, -0.05) is 12.1 Å². The largest absolute Gasteiger partial charge is 0.309 e. The normalized spacial score (nSPS) is 11.6. The number of rotatable bonds is 6. The molecule has 0 aliphatic carbocycles. The number of benzene rings is 1. The molecule has 0 aromatic heterocycles. The van der Waals surface area contributed by atoms with Gasteiger partial charge in [0.05, 0.1) is 0 Å². The maximum Gasteiger partial charge on any atom is 0.168 e. The fraction of sp³-hybridized carbons (Fsp3) is 0.562. The van der Waals surface area contributed by atoms with Crippen molar-refractivity contribution in [3.8, 4) is 0 Å². The van der Waals surface area contributed by atoms with E-state index in [1.165, 1.54) is 11.1 Å². The van der Waals surface area contributed by atoms with Gasteiger partial charge in [-0.3, -0.25) is 4.79 Å². The summed E-state index contributed by atoms with van der Waals surface area (Å²) < 4.78 is 0. The lowest BCUT2D eigenvalue weighted by Gasteiger charge is -2.23. The van der Waals surface area contributed by atoms with Gasteiger partial charge in [0.2, 0.25) is 0 Å². The third-order valence-electron chi connectivity index (χ3n) is 3.33. The van der Waals surface area contributed by atoms with Crippen LogP contribution in [0.1, 0.15) is 21.5 Å². The second kappa shape index (κ2) is 6.83. The molecular weight excluding hydrogens is 236 g/mol. The SMILES string of the molecule is Cc1ccc(C(=O)C(CN(C)C)CN(C)C)cc1C. The lowest BCUT2D eigenvalue weighted by Crippen LogP contribution is -2.35. The predicted molar refractivity (Wildman–Crippen MR) is 80.8 cm³/mol. The smallest absolute Gasteiger partial charge is 0.168 e. The van der Waals surface area contributed by atoms with Crippen molar-refractivity contribution in [3.05, 3.63) is 34.9 Å². The lowest BCUT2D eigenvalue weighted by atomic mass is 9.94. The summed E-state index contributed by atoms with van der Waals surface area (Å²) in [6.07, 6.45) is 0. The Balaban J connectivity index is 2.94. The molecule has 1 aromatic rings. The van der Waals surface area contributed by atoms with Gasteiger partial charge in [-0.05, 0) is 59.2 Å². The van der Waals surface area contributed by atoms with E-state index in [1.807, 2.05) is 46.4 Å². The lowest BCUT2D eigenvalue weighted by molar-refractivity contribution is 0.0870. The van der Waals surface area contributed by atoms with Crippen molar-refractivity contribution in [2.75, 3.05) is 41.3 Å². The average molecular weight is 262 g/mol. The summed E-state index contributed by atoms with van der Waals surface area (Å²) in [5.41, 5.74) is 3.24. The van der Waals surface area contributed by atoms with Crippen LogP contribution in [-0.2, 0) is 0 Å². The first-order valence-corrected chi connectivity index (χ1v) is 6.72. The molecule has 1 rings (SSSR count). The predicted octanol–water partition coefficient (Wildman–Crippen LogP) is 2.23. The molecular formula is C16H26N2O. The van der Waals surface area contributed by atoms with Crippen LogP contribution < -0.4 is 0 Å². The minimum atomic E-state index is 0.0205. The van der Waals surface area contributed by atoms with Crippen LogP contribution in [0, 0.1) is 19.8 Å². The number of aryl methyl sites for hydroxylation is 2. The minimum Gasteiger partial charge on any atom is -0.309 e. The molecule has 0 spiro atoms. The average Bonchev–Trinajstić information content (AvgIpc) is 2.29. The highest BCUT2D eigenvalue weighted by molar-refractivity contribution is 5.98. The number of carbonyl (C=O) groups excluding carboxylic acids is 1. The quantitative estimate of drug-likeness (QED) is 0.735. The van der Waals surface area contributed by atoms with E-state index in [9.17, 15) is 4.79 Å². The van der Waals surface area contributed by atoms with Gasteiger partial charge in [0.25, 0.3) is 0 Å². The van der Waals surface area contributed by atoms with Gasteiger partial charge in [0.15, 0.2) is 5.78 Å². The number of carbonyl (C=O) groups is 1. The van der Waals surface area contributed by atoms with Gasteiger partial charge in [-0.25, -0.2) is 0 Å². The van der Waals surface area contributed by atoms with E-state index in [0.717, 1.165) is 18.7 Å². The standard InChI is InChI=1S/C16H26N2O/c1-12-7-8-14(9-13(12)2)16(19)15(10-17(3)4)11-18(5)6/h7-9,15H,10-11H2,1-6H3. The highest BCUT2D eigenvalue weighted by Crippen LogP contribution is 2.15. The van der Waals surface area contributed by atoms with Crippen LogP contribution in [0.5, 0.6) is 0 Å². The van der Waals surface area contributed by atoms with Gasteiger partial charge in [-0.15, -0.1) is 0 Å². The Morgan fingerprint density at radius 3 is 1.95 bits per heavy atom. The van der Waals surface area contributed by atoms with Gasteiger partial charge in [-0.2, -0.15) is 0 Å². The van der Waals surface area contributed by atoms with Crippen molar-refractivity contribution < 1.29 is 4.79 Å². The Hall–Kier alpha value is -1.19. The first kappa shape index (κ1) is 15.9. The Labute approximate surface area is 117 Å². The van der Waals surface area contributed by atoms with E-state index >= 15 is 0 Å². The number of ketones is 1. The highest BCUT2D eigenvalue weighted by atomic mass is 16.1. The molecule has 0 radical (unpaired) electrons. The Bertz CT molecular complexity index is 428. The molecule has 0 aliphatic rings. The van der Waals surface area contributed by atoms with Gasteiger partial charge in [0, 0.05) is 24.6 Å². The molecule has 106 valence electrons. The molecule has 19 heavy (non-hydrogen) atoms. The van der Waals surface area contributed by atoms with Crippen LogP contribution in [0.3, 0.4) is 0 Å². The van der Waals surface area contributed by atoms with Crippen molar-refractivity contribution in [2.24, 2.45) is 5.92 Å². The van der Waals surface area contributed by atoms with Crippen molar-refractivity contribution in [2.45, 2.75) is 13.8 Å². The highest BCUT2D eigenvalue weighted by Gasteiger charge is 2.21. The molecule has 3 heteroatoms. The molecule has 0 heterocycles. The summed E-state index contributed by atoms with van der Waals surface area (Å²) in [4.78, 5) is 16.8. The number of nitrogens with zero attached hydrogens (tertiary/aromatic N) is 2. The molecule has 0 N–H and O–H groups in total. The summed E-state index contributed by atoms with van der Waals surface area (Å²) >= 11 is 0. The summed E-state index contributed by atoms with van der Waals surface area (Å²) in [6.45, 7) is 5.69. The van der Waals surface area contributed by atoms with Crippen LogP contribution in [0.4, 0.5) is 0 Å². The fourth-order valence-corrected chi connectivity index (χ4v) is 2.24. The topological polar surface area (TPSA) is 23.6 Å². The summed E-state index contributed by atoms with van der Waals surface area (Å²) in [6, 6.07) is 5.99. The molecule has 3 nitrogen and oxygen atoms in total.